The third-order valence-electron chi connectivity index (χ3n) is 4.60. The van der Waals surface area contributed by atoms with E-state index in [1.165, 1.54) is 12.8 Å². The summed E-state index contributed by atoms with van der Waals surface area (Å²) in [6, 6.07) is 16.0. The van der Waals surface area contributed by atoms with Gasteiger partial charge in [0.25, 0.3) is 0 Å². The predicted molar refractivity (Wildman–Crippen MR) is 96.3 cm³/mol. The molecule has 3 heterocycles. The number of likely N-dealkylation sites (tertiary alicyclic amines) is 1. The fourth-order valence-corrected chi connectivity index (χ4v) is 3.34. The number of piperidine rings is 1. The molecule has 2 aromatic heterocycles. The van der Waals surface area contributed by atoms with Gasteiger partial charge in [0.05, 0.1) is 18.3 Å². The standard InChI is InChI=1S/C20H22N4O2/c1-2-8-16(9-3-1)25-15-19-22-20(26-23-19)14-24-13-7-5-11-18(24)17-10-4-6-12-21-17/h1-4,6,8-10,12,18H,5,7,11,13-15H2/t18-/m1/s1. The third-order valence-corrected chi connectivity index (χ3v) is 4.60. The van der Waals surface area contributed by atoms with Crippen molar-refractivity contribution in [2.75, 3.05) is 6.54 Å². The van der Waals surface area contributed by atoms with Crippen LogP contribution in [-0.2, 0) is 13.2 Å². The normalized spacial score (nSPS) is 17.9. The molecular formula is C20H22N4O2. The Labute approximate surface area is 152 Å². The molecule has 26 heavy (non-hydrogen) atoms. The molecule has 6 heteroatoms. The highest BCUT2D eigenvalue weighted by molar-refractivity contribution is 5.21. The second-order valence-electron chi connectivity index (χ2n) is 6.44. The van der Waals surface area contributed by atoms with Crippen LogP contribution in [0.3, 0.4) is 0 Å². The van der Waals surface area contributed by atoms with Crippen LogP contribution in [0, 0.1) is 0 Å². The summed E-state index contributed by atoms with van der Waals surface area (Å²) in [4.78, 5) is 11.4. The highest BCUT2D eigenvalue weighted by Gasteiger charge is 2.26. The van der Waals surface area contributed by atoms with Gasteiger partial charge in [0.1, 0.15) is 5.75 Å². The monoisotopic (exact) mass is 350 g/mol. The van der Waals surface area contributed by atoms with Crippen LogP contribution in [0.15, 0.2) is 59.3 Å². The second-order valence-corrected chi connectivity index (χ2v) is 6.44. The summed E-state index contributed by atoms with van der Waals surface area (Å²) in [6.07, 6.45) is 5.36. The Bertz CT molecular complexity index is 807. The Hall–Kier alpha value is -2.73. The van der Waals surface area contributed by atoms with E-state index in [1.807, 2.05) is 48.7 Å². The maximum absolute atomic E-state index is 5.68. The SMILES string of the molecule is c1ccc(OCc2noc(CN3CCCC[C@@H]3c3ccccn3)n2)cc1. The van der Waals surface area contributed by atoms with E-state index < -0.39 is 0 Å². The zero-order valence-electron chi connectivity index (χ0n) is 14.6. The minimum atomic E-state index is 0.303. The Morgan fingerprint density at radius 3 is 2.81 bits per heavy atom. The molecule has 0 amide bonds. The quantitative estimate of drug-likeness (QED) is 0.674. The van der Waals surface area contributed by atoms with Crippen LogP contribution in [0.2, 0.25) is 0 Å². The number of ether oxygens (including phenoxy) is 1. The van der Waals surface area contributed by atoms with Crippen molar-refractivity contribution in [2.24, 2.45) is 0 Å². The van der Waals surface area contributed by atoms with Gasteiger partial charge in [-0.1, -0.05) is 35.8 Å². The van der Waals surface area contributed by atoms with Gasteiger partial charge in [0.15, 0.2) is 6.61 Å². The van der Waals surface area contributed by atoms with Crippen LogP contribution in [0.5, 0.6) is 5.75 Å². The number of hydrogen-bond acceptors (Lipinski definition) is 6. The number of hydrogen-bond donors (Lipinski definition) is 0. The van der Waals surface area contributed by atoms with Crippen molar-refractivity contribution in [2.45, 2.75) is 38.5 Å². The first-order valence-corrected chi connectivity index (χ1v) is 9.03. The molecule has 1 aliphatic heterocycles. The van der Waals surface area contributed by atoms with Crippen molar-refractivity contribution in [1.29, 1.82) is 0 Å². The van der Waals surface area contributed by atoms with Crippen LogP contribution in [0.4, 0.5) is 0 Å². The Morgan fingerprint density at radius 2 is 1.96 bits per heavy atom. The van der Waals surface area contributed by atoms with Gasteiger partial charge < -0.3 is 9.26 Å². The molecule has 1 fully saturated rings. The van der Waals surface area contributed by atoms with E-state index >= 15 is 0 Å². The lowest BCUT2D eigenvalue weighted by Crippen LogP contribution is -2.33. The summed E-state index contributed by atoms with van der Waals surface area (Å²) < 4.78 is 11.1. The van der Waals surface area contributed by atoms with Gasteiger partial charge in [-0.25, -0.2) is 0 Å². The summed E-state index contributed by atoms with van der Waals surface area (Å²) in [5.74, 6) is 1.99. The van der Waals surface area contributed by atoms with Gasteiger partial charge in [-0.2, -0.15) is 4.98 Å². The number of para-hydroxylation sites is 1. The minimum absolute atomic E-state index is 0.303. The Kier molecular flexibility index (Phi) is 5.21. The molecule has 0 bridgehead atoms. The molecule has 0 saturated carbocycles. The molecule has 1 saturated heterocycles. The molecule has 1 aliphatic rings. The van der Waals surface area contributed by atoms with E-state index in [2.05, 4.69) is 26.1 Å². The van der Waals surface area contributed by atoms with Crippen molar-refractivity contribution in [3.8, 4) is 5.75 Å². The minimum Gasteiger partial charge on any atom is -0.485 e. The highest BCUT2D eigenvalue weighted by Crippen LogP contribution is 2.30. The van der Waals surface area contributed by atoms with Crippen molar-refractivity contribution in [1.82, 2.24) is 20.0 Å². The Morgan fingerprint density at radius 1 is 1.08 bits per heavy atom. The van der Waals surface area contributed by atoms with Crippen molar-refractivity contribution in [3.05, 3.63) is 72.1 Å². The maximum Gasteiger partial charge on any atom is 0.240 e. The number of nitrogens with zero attached hydrogens (tertiary/aromatic N) is 4. The molecule has 0 N–H and O–H groups in total. The molecule has 3 aromatic rings. The van der Waals surface area contributed by atoms with E-state index in [9.17, 15) is 0 Å². The van der Waals surface area contributed by atoms with Gasteiger partial charge in [-0.15, -0.1) is 0 Å². The lowest BCUT2D eigenvalue weighted by Gasteiger charge is -2.34. The molecule has 6 nitrogen and oxygen atoms in total. The number of benzene rings is 1. The molecule has 1 atom stereocenters. The summed E-state index contributed by atoms with van der Waals surface area (Å²) in [5.41, 5.74) is 1.11. The average molecular weight is 350 g/mol. The molecule has 0 aliphatic carbocycles. The molecule has 4 rings (SSSR count). The van der Waals surface area contributed by atoms with Crippen LogP contribution in [0.25, 0.3) is 0 Å². The third kappa shape index (κ3) is 4.08. The van der Waals surface area contributed by atoms with E-state index in [0.29, 0.717) is 30.9 Å². The van der Waals surface area contributed by atoms with Crippen LogP contribution >= 0.6 is 0 Å². The van der Waals surface area contributed by atoms with Gasteiger partial charge in [-0.3, -0.25) is 9.88 Å². The molecule has 0 radical (unpaired) electrons. The molecule has 1 aromatic carbocycles. The van der Waals surface area contributed by atoms with Gasteiger partial charge >= 0.3 is 0 Å². The van der Waals surface area contributed by atoms with Gasteiger partial charge in [0, 0.05) is 6.20 Å². The van der Waals surface area contributed by atoms with Crippen LogP contribution in [-0.4, -0.2) is 26.6 Å². The smallest absolute Gasteiger partial charge is 0.240 e. The van der Waals surface area contributed by atoms with E-state index in [-0.39, 0.29) is 0 Å². The first-order chi connectivity index (χ1) is 12.9. The predicted octanol–water partition coefficient (Wildman–Crippen LogP) is 3.77. The lowest BCUT2D eigenvalue weighted by molar-refractivity contribution is 0.121. The van der Waals surface area contributed by atoms with E-state index in [4.69, 9.17) is 9.26 Å². The highest BCUT2D eigenvalue weighted by atomic mass is 16.5. The fourth-order valence-electron chi connectivity index (χ4n) is 3.34. The summed E-state index contributed by atoms with van der Waals surface area (Å²) in [7, 11) is 0. The number of pyridine rings is 1. The van der Waals surface area contributed by atoms with Crippen molar-refractivity contribution in [3.63, 3.8) is 0 Å². The first kappa shape index (κ1) is 16.7. The van der Waals surface area contributed by atoms with Gasteiger partial charge in [0.2, 0.25) is 11.7 Å². The molecule has 134 valence electrons. The maximum atomic E-state index is 5.68. The van der Waals surface area contributed by atoms with Gasteiger partial charge in [-0.05, 0) is 43.7 Å². The van der Waals surface area contributed by atoms with Crippen molar-refractivity contribution >= 4 is 0 Å². The largest absolute Gasteiger partial charge is 0.485 e. The topological polar surface area (TPSA) is 64.3 Å². The Balaban J connectivity index is 1.39. The summed E-state index contributed by atoms with van der Waals surface area (Å²) in [5, 5.41) is 4.04. The zero-order valence-corrected chi connectivity index (χ0v) is 14.6. The fraction of sp³-hybridized carbons (Fsp3) is 0.350. The summed E-state index contributed by atoms with van der Waals surface area (Å²) >= 11 is 0. The molecular weight excluding hydrogens is 328 g/mol. The van der Waals surface area contributed by atoms with E-state index in [0.717, 1.165) is 24.4 Å². The average Bonchev–Trinajstić information content (AvgIpc) is 3.16. The number of rotatable bonds is 6. The first-order valence-electron chi connectivity index (χ1n) is 9.03. The van der Waals surface area contributed by atoms with Crippen LogP contribution < -0.4 is 4.74 Å². The molecule has 0 spiro atoms. The van der Waals surface area contributed by atoms with E-state index in [1.54, 1.807) is 0 Å². The van der Waals surface area contributed by atoms with Crippen LogP contribution in [0.1, 0.15) is 42.7 Å². The molecule has 0 unspecified atom stereocenters. The summed E-state index contributed by atoms with van der Waals surface area (Å²) in [6.45, 7) is 1.95. The lowest BCUT2D eigenvalue weighted by atomic mass is 9.99. The van der Waals surface area contributed by atoms with Crippen molar-refractivity contribution < 1.29 is 9.26 Å². The number of aromatic nitrogens is 3. The zero-order chi connectivity index (χ0) is 17.6. The second kappa shape index (κ2) is 8.10.